The Balaban J connectivity index is 2.22. The first kappa shape index (κ1) is 10.7. The predicted molar refractivity (Wildman–Crippen MR) is 64.4 cm³/mol. The molecule has 1 fully saturated rings. The lowest BCUT2D eigenvalue weighted by atomic mass is 10.1. The van der Waals surface area contributed by atoms with Crippen LogP contribution in [0.4, 0.5) is 5.69 Å². The number of pyridine rings is 1. The first-order chi connectivity index (χ1) is 7.22. The highest BCUT2D eigenvalue weighted by atomic mass is 35.5. The Morgan fingerprint density at radius 3 is 2.93 bits per heavy atom. The van der Waals surface area contributed by atoms with Crippen LogP contribution >= 0.6 is 11.6 Å². The molecule has 82 valence electrons. The number of aromatic nitrogens is 1. The predicted octanol–water partition coefficient (Wildman–Crippen LogP) is 3.06. The van der Waals surface area contributed by atoms with Gasteiger partial charge in [-0.15, -0.1) is 11.6 Å². The summed E-state index contributed by atoms with van der Waals surface area (Å²) in [6.45, 7) is 5.75. The molecule has 0 radical (unpaired) electrons. The molecule has 0 saturated carbocycles. The van der Waals surface area contributed by atoms with Crippen LogP contribution in [-0.4, -0.2) is 17.6 Å². The van der Waals surface area contributed by atoms with Crippen molar-refractivity contribution in [2.45, 2.75) is 32.2 Å². The lowest BCUT2D eigenvalue weighted by molar-refractivity contribution is 0.546. The zero-order valence-electron chi connectivity index (χ0n) is 9.28. The smallest absolute Gasteiger partial charge is 0.0648 e. The standard InChI is InChI=1S/C12H17ClN2/c1-9-4-6-15(10(9)2)12-3-5-14-11(7-12)8-13/h3,5,7,9-10H,4,6,8H2,1-2H3. The molecule has 0 spiro atoms. The molecule has 2 nitrogen and oxygen atoms in total. The molecule has 1 aliphatic rings. The number of nitrogens with zero attached hydrogens (tertiary/aromatic N) is 2. The van der Waals surface area contributed by atoms with Gasteiger partial charge in [0.25, 0.3) is 0 Å². The summed E-state index contributed by atoms with van der Waals surface area (Å²) >= 11 is 5.79. The van der Waals surface area contributed by atoms with E-state index >= 15 is 0 Å². The normalized spacial score (nSPS) is 25.9. The van der Waals surface area contributed by atoms with Gasteiger partial charge in [0, 0.05) is 24.5 Å². The van der Waals surface area contributed by atoms with Crippen molar-refractivity contribution in [3.05, 3.63) is 24.0 Å². The number of alkyl halides is 1. The van der Waals surface area contributed by atoms with Crippen molar-refractivity contribution < 1.29 is 0 Å². The van der Waals surface area contributed by atoms with E-state index in [-0.39, 0.29) is 0 Å². The monoisotopic (exact) mass is 224 g/mol. The quantitative estimate of drug-likeness (QED) is 0.718. The molecule has 2 unspecified atom stereocenters. The second-order valence-corrected chi connectivity index (χ2v) is 4.61. The Bertz CT molecular complexity index is 340. The largest absolute Gasteiger partial charge is 0.368 e. The molecule has 0 aliphatic carbocycles. The van der Waals surface area contributed by atoms with E-state index in [4.69, 9.17) is 11.6 Å². The second kappa shape index (κ2) is 4.40. The van der Waals surface area contributed by atoms with E-state index in [0.29, 0.717) is 11.9 Å². The maximum Gasteiger partial charge on any atom is 0.0648 e. The van der Waals surface area contributed by atoms with Crippen molar-refractivity contribution in [3.8, 4) is 0 Å². The van der Waals surface area contributed by atoms with E-state index in [1.807, 2.05) is 6.20 Å². The third-order valence-corrected chi connectivity index (χ3v) is 3.68. The summed E-state index contributed by atoms with van der Waals surface area (Å²) in [6.07, 6.45) is 3.13. The zero-order chi connectivity index (χ0) is 10.8. The SMILES string of the molecule is CC1CCN(c2ccnc(CCl)c2)C1C. The molecule has 2 rings (SSSR count). The Kier molecular flexibility index (Phi) is 3.15. The van der Waals surface area contributed by atoms with Crippen molar-refractivity contribution >= 4 is 17.3 Å². The van der Waals surface area contributed by atoms with Gasteiger partial charge >= 0.3 is 0 Å². The molecule has 2 heterocycles. The van der Waals surface area contributed by atoms with Gasteiger partial charge in [-0.2, -0.15) is 0 Å². The molecular formula is C12H17ClN2. The molecule has 1 saturated heterocycles. The maximum absolute atomic E-state index is 5.79. The summed E-state index contributed by atoms with van der Waals surface area (Å²) < 4.78 is 0. The molecule has 1 aromatic heterocycles. The third kappa shape index (κ3) is 2.10. The maximum atomic E-state index is 5.79. The van der Waals surface area contributed by atoms with E-state index < -0.39 is 0 Å². The van der Waals surface area contributed by atoms with E-state index in [1.165, 1.54) is 12.1 Å². The van der Waals surface area contributed by atoms with E-state index in [2.05, 4.69) is 35.9 Å². The molecular weight excluding hydrogens is 208 g/mol. The summed E-state index contributed by atoms with van der Waals surface area (Å²) in [4.78, 5) is 6.66. The lowest BCUT2D eigenvalue weighted by Gasteiger charge is -2.25. The molecule has 2 atom stereocenters. The van der Waals surface area contributed by atoms with Gasteiger partial charge in [0.05, 0.1) is 11.6 Å². The van der Waals surface area contributed by atoms with Crippen LogP contribution < -0.4 is 4.90 Å². The fourth-order valence-electron chi connectivity index (χ4n) is 2.18. The van der Waals surface area contributed by atoms with E-state index in [1.54, 1.807) is 0 Å². The fraction of sp³-hybridized carbons (Fsp3) is 0.583. The topological polar surface area (TPSA) is 16.1 Å². The first-order valence-electron chi connectivity index (χ1n) is 5.50. The number of rotatable bonds is 2. The van der Waals surface area contributed by atoms with E-state index in [0.717, 1.165) is 18.2 Å². The second-order valence-electron chi connectivity index (χ2n) is 4.34. The van der Waals surface area contributed by atoms with Gasteiger partial charge in [-0.25, -0.2) is 0 Å². The van der Waals surface area contributed by atoms with Crippen LogP contribution in [0.1, 0.15) is 26.0 Å². The Morgan fingerprint density at radius 2 is 2.33 bits per heavy atom. The Labute approximate surface area is 96.3 Å². The lowest BCUT2D eigenvalue weighted by Crippen LogP contribution is -2.29. The van der Waals surface area contributed by atoms with Gasteiger partial charge in [-0.05, 0) is 31.4 Å². The minimum atomic E-state index is 0.492. The average molecular weight is 225 g/mol. The zero-order valence-corrected chi connectivity index (χ0v) is 10.0. The van der Waals surface area contributed by atoms with Gasteiger partial charge in [0.2, 0.25) is 0 Å². The number of halogens is 1. The van der Waals surface area contributed by atoms with Gasteiger partial charge in [0.1, 0.15) is 0 Å². The molecule has 1 aromatic rings. The molecule has 3 heteroatoms. The summed E-state index contributed by atoms with van der Waals surface area (Å²) in [5, 5.41) is 0. The Morgan fingerprint density at radius 1 is 1.53 bits per heavy atom. The van der Waals surface area contributed by atoms with Gasteiger partial charge in [-0.1, -0.05) is 6.92 Å². The van der Waals surface area contributed by atoms with Crippen molar-refractivity contribution in [2.24, 2.45) is 5.92 Å². The summed E-state index contributed by atoms with van der Waals surface area (Å²) in [5.74, 6) is 1.27. The number of anilines is 1. The number of hydrogen-bond acceptors (Lipinski definition) is 2. The molecule has 0 bridgehead atoms. The van der Waals surface area contributed by atoms with Crippen molar-refractivity contribution in [1.29, 1.82) is 0 Å². The van der Waals surface area contributed by atoms with Crippen LogP contribution in [0.25, 0.3) is 0 Å². The highest BCUT2D eigenvalue weighted by Gasteiger charge is 2.27. The van der Waals surface area contributed by atoms with Crippen LogP contribution in [-0.2, 0) is 5.88 Å². The van der Waals surface area contributed by atoms with Gasteiger partial charge < -0.3 is 4.90 Å². The molecule has 0 N–H and O–H groups in total. The van der Waals surface area contributed by atoms with Crippen LogP contribution in [0.15, 0.2) is 18.3 Å². The Hall–Kier alpha value is -0.760. The molecule has 15 heavy (non-hydrogen) atoms. The van der Waals surface area contributed by atoms with Crippen molar-refractivity contribution in [3.63, 3.8) is 0 Å². The molecule has 1 aliphatic heterocycles. The highest BCUT2D eigenvalue weighted by molar-refractivity contribution is 6.16. The van der Waals surface area contributed by atoms with Crippen LogP contribution in [0.2, 0.25) is 0 Å². The third-order valence-electron chi connectivity index (χ3n) is 3.41. The van der Waals surface area contributed by atoms with Crippen molar-refractivity contribution in [2.75, 3.05) is 11.4 Å². The molecule has 0 amide bonds. The summed E-state index contributed by atoms with van der Waals surface area (Å²) in [7, 11) is 0. The minimum absolute atomic E-state index is 0.492. The van der Waals surface area contributed by atoms with Gasteiger partial charge in [-0.3, -0.25) is 4.98 Å². The minimum Gasteiger partial charge on any atom is -0.368 e. The number of hydrogen-bond donors (Lipinski definition) is 0. The van der Waals surface area contributed by atoms with Crippen LogP contribution in [0, 0.1) is 5.92 Å². The van der Waals surface area contributed by atoms with Crippen molar-refractivity contribution in [1.82, 2.24) is 4.98 Å². The van der Waals surface area contributed by atoms with Crippen LogP contribution in [0.5, 0.6) is 0 Å². The molecule has 0 aromatic carbocycles. The van der Waals surface area contributed by atoms with Crippen LogP contribution in [0.3, 0.4) is 0 Å². The average Bonchev–Trinajstić information content (AvgIpc) is 2.60. The van der Waals surface area contributed by atoms with E-state index in [9.17, 15) is 0 Å². The summed E-state index contributed by atoms with van der Waals surface area (Å²) in [5.41, 5.74) is 2.22. The summed E-state index contributed by atoms with van der Waals surface area (Å²) in [6, 6.07) is 4.79. The highest BCUT2D eigenvalue weighted by Crippen LogP contribution is 2.29. The first-order valence-corrected chi connectivity index (χ1v) is 6.03. The van der Waals surface area contributed by atoms with Gasteiger partial charge in [0.15, 0.2) is 0 Å². The fourth-order valence-corrected chi connectivity index (χ4v) is 2.32.